The highest BCUT2D eigenvalue weighted by atomic mass is 32.2. The van der Waals surface area contributed by atoms with E-state index < -0.39 is 32.9 Å². The zero-order valence-corrected chi connectivity index (χ0v) is 16.4. The van der Waals surface area contributed by atoms with Gasteiger partial charge in [-0.15, -0.1) is 0 Å². The first kappa shape index (κ1) is 21.3. The van der Waals surface area contributed by atoms with Gasteiger partial charge in [0.05, 0.1) is 23.0 Å². The number of aliphatic hydroxyl groups is 1. The van der Waals surface area contributed by atoms with E-state index in [1.807, 2.05) is 0 Å². The Hall–Kier alpha value is -1.97. The van der Waals surface area contributed by atoms with Gasteiger partial charge in [0.25, 0.3) is 0 Å². The molecule has 1 unspecified atom stereocenters. The van der Waals surface area contributed by atoms with Gasteiger partial charge in [-0.2, -0.15) is 13.2 Å². The summed E-state index contributed by atoms with van der Waals surface area (Å²) >= 11 is 3.08. The Kier molecular flexibility index (Phi) is 6.28. The van der Waals surface area contributed by atoms with E-state index in [-0.39, 0.29) is 22.4 Å². The second kappa shape index (κ2) is 7.95. The van der Waals surface area contributed by atoms with Gasteiger partial charge in [-0.05, 0) is 51.2 Å². The van der Waals surface area contributed by atoms with Crippen LogP contribution < -0.4 is 0 Å². The van der Waals surface area contributed by atoms with Gasteiger partial charge in [0, 0.05) is 17.3 Å². The third kappa shape index (κ3) is 5.06. The summed E-state index contributed by atoms with van der Waals surface area (Å²) in [5, 5.41) is 9.13. The van der Waals surface area contributed by atoms with Crippen LogP contribution in [0.4, 0.5) is 13.2 Å². The molecule has 144 valence electrons. The summed E-state index contributed by atoms with van der Waals surface area (Å²) in [6, 6.07) is 6.39. The molecule has 0 aliphatic rings. The maximum absolute atomic E-state index is 13.6. The van der Waals surface area contributed by atoms with Gasteiger partial charge in [0.15, 0.2) is 5.05 Å². The Morgan fingerprint density at radius 1 is 1.22 bits per heavy atom. The van der Waals surface area contributed by atoms with Crippen LogP contribution in [0.25, 0.3) is 11.3 Å². The molecule has 0 bridgehead atoms. The van der Waals surface area contributed by atoms with E-state index in [4.69, 9.17) is 12.2 Å². The Morgan fingerprint density at radius 2 is 1.89 bits per heavy atom. The average molecular weight is 414 g/mol. The molecule has 0 saturated carbocycles. The molecule has 1 heterocycles. The third-order valence-corrected chi connectivity index (χ3v) is 5.05. The topological polar surface area (TPSA) is 68.5 Å². The highest BCUT2D eigenvalue weighted by Crippen LogP contribution is 2.39. The lowest BCUT2D eigenvalue weighted by Gasteiger charge is -2.19. The van der Waals surface area contributed by atoms with Gasteiger partial charge in [-0.3, -0.25) is 4.98 Å². The van der Waals surface area contributed by atoms with Crippen LogP contribution in [0.2, 0.25) is 0 Å². The summed E-state index contributed by atoms with van der Waals surface area (Å²) in [4.78, 5) is 4.00. The molecule has 2 aromatic rings. The third-order valence-electron chi connectivity index (χ3n) is 3.49. The molecule has 9 heteroatoms. The summed E-state index contributed by atoms with van der Waals surface area (Å²) in [6.07, 6.45) is -2.24. The minimum atomic E-state index is -4.67. The van der Waals surface area contributed by atoms with E-state index in [2.05, 4.69) is 9.38 Å². The van der Waals surface area contributed by atoms with E-state index in [0.29, 0.717) is 0 Å². The predicted octanol–water partition coefficient (Wildman–Crippen LogP) is 4.88. The highest BCUT2D eigenvalue weighted by molar-refractivity contribution is 7.91. The molecule has 1 atom stereocenters. The van der Waals surface area contributed by atoms with Gasteiger partial charge in [-0.25, -0.2) is 0 Å². The fraction of sp³-hybridized carbons (Fsp3) is 0.278. The molecule has 0 radical (unpaired) electrons. The summed E-state index contributed by atoms with van der Waals surface area (Å²) in [6.45, 7) is 5.11. The van der Waals surface area contributed by atoms with Crippen molar-refractivity contribution in [1.29, 1.82) is 0 Å². The van der Waals surface area contributed by atoms with Crippen molar-refractivity contribution in [2.24, 2.45) is 4.40 Å². The Labute approximate surface area is 163 Å². The highest BCUT2D eigenvalue weighted by Gasteiger charge is 2.36. The number of rotatable bonds is 4. The second-order valence-electron chi connectivity index (χ2n) is 6.57. The molecule has 1 N–H and O–H groups in total. The lowest BCUT2D eigenvalue weighted by molar-refractivity contribution is -0.137. The van der Waals surface area contributed by atoms with E-state index >= 15 is 0 Å². The van der Waals surface area contributed by atoms with Crippen molar-refractivity contribution in [3.63, 3.8) is 0 Å². The fourth-order valence-corrected chi connectivity index (χ4v) is 2.91. The minimum Gasteiger partial charge on any atom is -0.591 e. The van der Waals surface area contributed by atoms with Gasteiger partial charge >= 0.3 is 6.18 Å². The lowest BCUT2D eigenvalue weighted by atomic mass is 9.95. The summed E-state index contributed by atoms with van der Waals surface area (Å²) in [5.41, 5.74) is -1.30. The Bertz CT molecular complexity index is 878. The minimum absolute atomic E-state index is 0.00389. The number of thiocarbonyl (C=S) groups is 1. The standard InChI is InChI=1S/C18H17F3N2O2S2/c1-17(2,3)27(25)23-10-11-6-4-8-13(18(19,20)21)14(11)15-12(16(24)26)7-5-9-22-15/h4-10H,1-3H3,(H,24,26)/b23-10-. The van der Waals surface area contributed by atoms with Crippen LogP contribution in [0.1, 0.15) is 37.5 Å². The van der Waals surface area contributed by atoms with E-state index in [0.717, 1.165) is 12.3 Å². The molecule has 27 heavy (non-hydrogen) atoms. The summed E-state index contributed by atoms with van der Waals surface area (Å²) in [5.74, 6) is 0. The van der Waals surface area contributed by atoms with Crippen molar-refractivity contribution >= 4 is 34.8 Å². The Morgan fingerprint density at radius 3 is 2.44 bits per heavy atom. The number of pyridine rings is 1. The molecular weight excluding hydrogens is 397 g/mol. The van der Waals surface area contributed by atoms with Crippen molar-refractivity contribution in [2.45, 2.75) is 31.7 Å². The average Bonchev–Trinajstić information content (AvgIpc) is 2.57. The monoisotopic (exact) mass is 414 g/mol. The van der Waals surface area contributed by atoms with Gasteiger partial charge in [-0.1, -0.05) is 16.5 Å². The zero-order valence-electron chi connectivity index (χ0n) is 14.7. The first-order valence-electron chi connectivity index (χ1n) is 7.78. The summed E-state index contributed by atoms with van der Waals surface area (Å²) < 4.78 is 56.2. The van der Waals surface area contributed by atoms with Crippen molar-refractivity contribution in [1.82, 2.24) is 4.98 Å². The fourth-order valence-electron chi connectivity index (χ4n) is 2.22. The Balaban J connectivity index is 2.75. The number of nitrogens with zero attached hydrogens (tertiary/aromatic N) is 2. The number of hydrogen-bond donors (Lipinski definition) is 1. The molecule has 2 rings (SSSR count). The van der Waals surface area contributed by atoms with E-state index in [1.54, 1.807) is 20.8 Å². The first-order chi connectivity index (χ1) is 12.4. The van der Waals surface area contributed by atoms with Crippen LogP contribution in [0.15, 0.2) is 40.9 Å². The molecule has 1 aromatic carbocycles. The molecule has 0 fully saturated rings. The molecule has 0 saturated heterocycles. The van der Waals surface area contributed by atoms with Crippen molar-refractivity contribution in [3.8, 4) is 11.3 Å². The van der Waals surface area contributed by atoms with Gasteiger partial charge < -0.3 is 9.66 Å². The largest absolute Gasteiger partial charge is 0.591 e. The van der Waals surface area contributed by atoms with E-state index in [9.17, 15) is 22.8 Å². The van der Waals surface area contributed by atoms with Gasteiger partial charge in [0.1, 0.15) is 16.1 Å². The number of halogens is 3. The smallest absolute Gasteiger partial charge is 0.417 e. The maximum Gasteiger partial charge on any atom is 0.417 e. The van der Waals surface area contributed by atoms with Crippen LogP contribution in [0.3, 0.4) is 0 Å². The van der Waals surface area contributed by atoms with Crippen LogP contribution in [-0.2, 0) is 17.5 Å². The molecule has 0 aliphatic carbocycles. The van der Waals surface area contributed by atoms with E-state index in [1.165, 1.54) is 30.5 Å². The quantitative estimate of drug-likeness (QED) is 0.440. The van der Waals surface area contributed by atoms with Crippen molar-refractivity contribution in [3.05, 3.63) is 53.2 Å². The number of alkyl halides is 3. The number of benzene rings is 1. The van der Waals surface area contributed by atoms with Crippen LogP contribution in [0, 0.1) is 0 Å². The SMILES string of the molecule is CC(C)(C)[S+]([O-])/N=C\c1cccc(C(F)(F)F)c1-c1ncccc1C(O)=S. The number of hydrogen-bond acceptors (Lipinski definition) is 4. The molecular formula is C18H17F3N2O2S2. The molecule has 4 nitrogen and oxygen atoms in total. The number of aliphatic hydroxyl groups excluding tert-OH is 1. The predicted molar refractivity (Wildman–Crippen MR) is 104 cm³/mol. The second-order valence-corrected chi connectivity index (χ2v) is 8.89. The lowest BCUT2D eigenvalue weighted by Crippen LogP contribution is -2.25. The maximum atomic E-state index is 13.6. The van der Waals surface area contributed by atoms with Gasteiger partial charge in [0.2, 0.25) is 0 Å². The summed E-state index contributed by atoms with van der Waals surface area (Å²) in [7, 11) is 0. The van der Waals surface area contributed by atoms with Crippen LogP contribution in [-0.4, -0.2) is 30.7 Å². The molecule has 0 amide bonds. The van der Waals surface area contributed by atoms with Crippen molar-refractivity contribution in [2.75, 3.05) is 0 Å². The normalized spacial score (nSPS) is 13.7. The van der Waals surface area contributed by atoms with Crippen molar-refractivity contribution < 1.29 is 22.8 Å². The van der Waals surface area contributed by atoms with Crippen LogP contribution >= 0.6 is 12.2 Å². The first-order valence-corrected chi connectivity index (χ1v) is 9.29. The van der Waals surface area contributed by atoms with Crippen LogP contribution in [0.5, 0.6) is 0 Å². The molecule has 0 aliphatic heterocycles. The molecule has 1 aromatic heterocycles. The molecule has 0 spiro atoms. The zero-order chi connectivity index (χ0) is 20.4. The number of aromatic nitrogens is 1.